The Morgan fingerprint density at radius 2 is 1.73 bits per heavy atom. The molecule has 0 bridgehead atoms. The molecule has 0 saturated carbocycles. The van der Waals surface area contributed by atoms with Gasteiger partial charge in [0.25, 0.3) is 0 Å². The second kappa shape index (κ2) is 7.82. The molecule has 0 fully saturated rings. The summed E-state index contributed by atoms with van der Waals surface area (Å²) in [5.41, 5.74) is 8.42. The third kappa shape index (κ3) is 5.28. The van der Waals surface area contributed by atoms with Gasteiger partial charge < -0.3 is 5.73 Å². The molecule has 15 heavy (non-hydrogen) atoms. The van der Waals surface area contributed by atoms with Gasteiger partial charge in [-0.2, -0.15) is 0 Å². The van der Waals surface area contributed by atoms with Gasteiger partial charge in [0.05, 0.1) is 5.42 Å². The fourth-order valence-corrected chi connectivity index (χ4v) is 2.76. The second-order valence-corrected chi connectivity index (χ2v) is 5.45. The van der Waals surface area contributed by atoms with E-state index in [1.165, 1.54) is 56.9 Å². The van der Waals surface area contributed by atoms with E-state index in [1.807, 2.05) is 0 Å². The normalized spacial score (nSPS) is 11.3. The predicted molar refractivity (Wildman–Crippen MR) is 72.1 cm³/mol. The van der Waals surface area contributed by atoms with Crippen molar-refractivity contribution in [1.29, 1.82) is 0 Å². The molecule has 0 saturated heterocycles. The van der Waals surface area contributed by atoms with Gasteiger partial charge in [0.1, 0.15) is 0 Å². The van der Waals surface area contributed by atoms with Crippen LogP contribution in [0.4, 0.5) is 5.42 Å². The van der Waals surface area contributed by atoms with Gasteiger partial charge in [0.2, 0.25) is 0 Å². The zero-order valence-electron chi connectivity index (χ0n) is 9.89. The van der Waals surface area contributed by atoms with Gasteiger partial charge in [-0.15, -0.1) is 8.19 Å². The highest BCUT2D eigenvalue weighted by Gasteiger charge is 1.98. The van der Waals surface area contributed by atoms with E-state index in [0.717, 1.165) is 13.6 Å². The van der Waals surface area contributed by atoms with Crippen LogP contribution in [-0.2, 0) is 6.42 Å². The molecule has 0 amide bonds. The highest BCUT2D eigenvalue weighted by Crippen LogP contribution is 2.25. The third-order valence-electron chi connectivity index (χ3n) is 2.92. The quantitative estimate of drug-likeness (QED) is 0.643. The number of nitrogen functional groups attached to an aromatic ring is 1. The molecule has 1 unspecified atom stereocenters. The molecule has 1 nitrogen and oxygen atoms in total. The minimum Gasteiger partial charge on any atom is -0.396 e. The maximum atomic E-state index is 5.89. The van der Waals surface area contributed by atoms with Gasteiger partial charge in [-0.1, -0.05) is 51.5 Å². The molecule has 0 spiro atoms. The van der Waals surface area contributed by atoms with Crippen LogP contribution in [0.25, 0.3) is 0 Å². The molecule has 86 valence electrons. The number of nitrogens with two attached hydrogens (primary N) is 1. The van der Waals surface area contributed by atoms with Crippen molar-refractivity contribution >= 4 is 13.6 Å². The molecular formula is C13H24NP. The predicted octanol–water partition coefficient (Wildman–Crippen LogP) is 4.59. The smallest absolute Gasteiger partial charge is 0.0510 e. The van der Waals surface area contributed by atoms with Crippen LogP contribution in [0.2, 0.25) is 0 Å². The van der Waals surface area contributed by atoms with Crippen LogP contribution in [0.3, 0.4) is 0 Å². The minimum atomic E-state index is 0.752. The molecule has 2 heteroatoms. The molecule has 0 radical (unpaired) electrons. The van der Waals surface area contributed by atoms with Crippen molar-refractivity contribution in [2.24, 2.45) is 0 Å². The van der Waals surface area contributed by atoms with Gasteiger partial charge in [-0.05, 0) is 24.2 Å². The topological polar surface area (TPSA) is 26.0 Å². The lowest BCUT2D eigenvalue weighted by molar-refractivity contribution is 0.590. The average Bonchev–Trinajstić information content (AvgIpc) is 2.63. The van der Waals surface area contributed by atoms with Gasteiger partial charge in [-0.3, -0.25) is 0 Å². The first-order valence-electron chi connectivity index (χ1n) is 6.26. The monoisotopic (exact) mass is 225 g/mol. The number of hydrogen-bond donors (Lipinski definition) is 1. The minimum absolute atomic E-state index is 0.752. The molecule has 1 aromatic rings. The Morgan fingerprint density at radius 3 is 2.33 bits per heavy atom. The van der Waals surface area contributed by atoms with Crippen LogP contribution >= 0.6 is 8.19 Å². The van der Waals surface area contributed by atoms with Gasteiger partial charge in [-0.25, -0.2) is 0 Å². The highest BCUT2D eigenvalue weighted by molar-refractivity contribution is 7.33. The lowest BCUT2D eigenvalue weighted by Gasteiger charge is -2.01. The zero-order valence-corrected chi connectivity index (χ0v) is 10.9. The van der Waals surface area contributed by atoms with E-state index >= 15 is 0 Å². The molecule has 1 heterocycles. The third-order valence-corrected chi connectivity index (χ3v) is 3.88. The van der Waals surface area contributed by atoms with Crippen LogP contribution in [0.15, 0.2) is 11.9 Å². The molecule has 2 N–H and O–H groups in total. The molecule has 0 aromatic carbocycles. The lowest BCUT2D eigenvalue weighted by Crippen LogP contribution is -1.89. The van der Waals surface area contributed by atoms with Gasteiger partial charge in [0, 0.05) is 0 Å². The first-order valence-corrected chi connectivity index (χ1v) is 7.34. The maximum absolute atomic E-state index is 5.89. The van der Waals surface area contributed by atoms with E-state index in [-0.39, 0.29) is 0 Å². The Morgan fingerprint density at radius 1 is 1.07 bits per heavy atom. The largest absolute Gasteiger partial charge is 0.396 e. The SMILES string of the molecule is CCCCCCCCCc1cc[pH]c1N. The summed E-state index contributed by atoms with van der Waals surface area (Å²) >= 11 is 0. The zero-order chi connectivity index (χ0) is 10.9. The molecule has 0 aliphatic rings. The van der Waals surface area contributed by atoms with Crippen LogP contribution in [0.5, 0.6) is 0 Å². The highest BCUT2D eigenvalue weighted by atomic mass is 31.0. The van der Waals surface area contributed by atoms with Crippen molar-refractivity contribution in [3.05, 3.63) is 17.4 Å². The average molecular weight is 225 g/mol. The lowest BCUT2D eigenvalue weighted by atomic mass is 10.1. The molecule has 1 atom stereocenters. The fourth-order valence-electron chi connectivity index (χ4n) is 1.91. The van der Waals surface area contributed by atoms with E-state index in [1.54, 1.807) is 0 Å². The Balaban J connectivity index is 1.96. The first kappa shape index (κ1) is 12.6. The molecule has 0 aliphatic carbocycles. The molecule has 1 aromatic heterocycles. The van der Waals surface area contributed by atoms with Crippen LogP contribution in [-0.4, -0.2) is 0 Å². The van der Waals surface area contributed by atoms with Crippen molar-refractivity contribution in [1.82, 2.24) is 0 Å². The Kier molecular flexibility index (Phi) is 6.59. The van der Waals surface area contributed by atoms with E-state index in [4.69, 9.17) is 5.73 Å². The van der Waals surface area contributed by atoms with Crippen molar-refractivity contribution in [2.45, 2.75) is 58.3 Å². The Bertz CT molecular complexity index is 255. The van der Waals surface area contributed by atoms with Crippen molar-refractivity contribution in [2.75, 3.05) is 5.73 Å². The summed E-state index contributed by atoms with van der Waals surface area (Å²) in [6.07, 6.45) is 10.9. The molecule has 1 rings (SSSR count). The van der Waals surface area contributed by atoms with E-state index in [2.05, 4.69) is 18.8 Å². The van der Waals surface area contributed by atoms with Crippen molar-refractivity contribution in [3.63, 3.8) is 0 Å². The maximum Gasteiger partial charge on any atom is 0.0510 e. The van der Waals surface area contributed by atoms with Gasteiger partial charge >= 0.3 is 0 Å². The van der Waals surface area contributed by atoms with E-state index in [0.29, 0.717) is 0 Å². The number of aryl methyl sites for hydroxylation is 1. The van der Waals surface area contributed by atoms with E-state index in [9.17, 15) is 0 Å². The van der Waals surface area contributed by atoms with Crippen molar-refractivity contribution < 1.29 is 0 Å². The number of hydrogen-bond acceptors (Lipinski definition) is 1. The summed E-state index contributed by atoms with van der Waals surface area (Å²) in [6.45, 7) is 2.27. The van der Waals surface area contributed by atoms with E-state index < -0.39 is 0 Å². The van der Waals surface area contributed by atoms with Crippen LogP contribution in [0.1, 0.15) is 57.4 Å². The Labute approximate surface area is 95.5 Å². The van der Waals surface area contributed by atoms with Gasteiger partial charge in [0.15, 0.2) is 0 Å². The van der Waals surface area contributed by atoms with Crippen molar-refractivity contribution in [3.8, 4) is 0 Å². The standard InChI is InChI=1S/C13H24NP/c1-2-3-4-5-6-7-8-9-12-10-11-15-13(12)14/h10-11,15H,2-9,14H2,1H3. The van der Waals surface area contributed by atoms with Crippen LogP contribution < -0.4 is 5.73 Å². The fraction of sp³-hybridized carbons (Fsp3) is 0.692. The molecule has 0 aliphatic heterocycles. The molecular weight excluding hydrogens is 201 g/mol. The summed E-state index contributed by atoms with van der Waals surface area (Å²) < 4.78 is 0. The summed E-state index contributed by atoms with van der Waals surface area (Å²) in [4.78, 5) is 0. The summed E-state index contributed by atoms with van der Waals surface area (Å²) in [7, 11) is 0.752. The summed E-state index contributed by atoms with van der Waals surface area (Å²) in [5, 5.41) is 0. The number of rotatable bonds is 8. The summed E-state index contributed by atoms with van der Waals surface area (Å²) in [5.74, 6) is 2.20. The van der Waals surface area contributed by atoms with Crippen LogP contribution in [0, 0.1) is 0 Å². The second-order valence-electron chi connectivity index (χ2n) is 4.29. The number of anilines is 1. The first-order chi connectivity index (χ1) is 7.34. The number of unbranched alkanes of at least 4 members (excludes halogenated alkanes) is 6. The Hall–Kier alpha value is -0.420. The summed E-state index contributed by atoms with van der Waals surface area (Å²) in [6, 6.07) is 2.21.